The average molecular weight is 289 g/mol. The Morgan fingerprint density at radius 2 is 1.95 bits per heavy atom. The lowest BCUT2D eigenvalue weighted by atomic mass is 9.68. The molecule has 0 bridgehead atoms. The molecule has 1 aromatic rings. The van der Waals surface area contributed by atoms with Gasteiger partial charge in [-0.05, 0) is 56.2 Å². The van der Waals surface area contributed by atoms with E-state index in [1.54, 1.807) is 0 Å². The normalized spacial score (nSPS) is 26.6. The summed E-state index contributed by atoms with van der Waals surface area (Å²) in [4.78, 5) is 0. The summed E-state index contributed by atoms with van der Waals surface area (Å²) >= 11 is 0. The molecule has 1 saturated carbocycles. The van der Waals surface area contributed by atoms with Crippen LogP contribution >= 0.6 is 0 Å². The maximum Gasteiger partial charge on any atom is 0.122 e. The molecule has 118 valence electrons. The smallest absolute Gasteiger partial charge is 0.122 e. The van der Waals surface area contributed by atoms with E-state index >= 15 is 0 Å². The lowest BCUT2D eigenvalue weighted by Gasteiger charge is -2.43. The van der Waals surface area contributed by atoms with Crippen LogP contribution in [0.4, 0.5) is 0 Å². The van der Waals surface area contributed by atoms with Crippen molar-refractivity contribution in [3.05, 3.63) is 29.8 Å². The molecule has 1 aliphatic carbocycles. The third-order valence-electron chi connectivity index (χ3n) is 5.55. The van der Waals surface area contributed by atoms with Gasteiger partial charge in [0.05, 0.1) is 0 Å². The lowest BCUT2D eigenvalue weighted by molar-refractivity contribution is 0.0410. The van der Waals surface area contributed by atoms with Crippen molar-refractivity contribution in [3.63, 3.8) is 0 Å². The number of hydrogen-bond acceptors (Lipinski definition) is 2. The van der Waals surface area contributed by atoms with Crippen molar-refractivity contribution in [1.29, 1.82) is 0 Å². The largest absolute Gasteiger partial charge is 0.489 e. The fourth-order valence-electron chi connectivity index (χ4n) is 3.44. The highest BCUT2D eigenvalue weighted by molar-refractivity contribution is 5.32. The first-order chi connectivity index (χ1) is 9.97. The van der Waals surface area contributed by atoms with Gasteiger partial charge in [-0.15, -0.1) is 0 Å². The maximum atomic E-state index is 6.40. The molecule has 2 heteroatoms. The monoisotopic (exact) mass is 289 g/mol. The van der Waals surface area contributed by atoms with Gasteiger partial charge in [-0.25, -0.2) is 0 Å². The molecule has 0 saturated heterocycles. The van der Waals surface area contributed by atoms with Gasteiger partial charge in [-0.3, -0.25) is 0 Å². The lowest BCUT2D eigenvalue weighted by Crippen LogP contribution is -2.48. The number of hydrogen-bond donors (Lipinski definition) is 1. The Kier molecular flexibility index (Phi) is 5.32. The molecule has 0 amide bonds. The van der Waals surface area contributed by atoms with E-state index in [-0.39, 0.29) is 6.10 Å². The number of nitrogens with one attached hydrogen (secondary N) is 1. The zero-order chi connectivity index (χ0) is 15.5. The molecule has 3 atom stereocenters. The van der Waals surface area contributed by atoms with Gasteiger partial charge in [0, 0.05) is 6.04 Å². The first-order valence-electron chi connectivity index (χ1n) is 8.37. The molecule has 0 radical (unpaired) electrons. The summed E-state index contributed by atoms with van der Waals surface area (Å²) in [5.74, 6) is 1.79. The highest BCUT2D eigenvalue weighted by atomic mass is 16.5. The second-order valence-electron chi connectivity index (χ2n) is 7.17. The fourth-order valence-corrected chi connectivity index (χ4v) is 3.44. The number of aryl methyl sites for hydroxylation is 1. The highest BCUT2D eigenvalue weighted by Gasteiger charge is 2.37. The van der Waals surface area contributed by atoms with E-state index in [9.17, 15) is 0 Å². The first kappa shape index (κ1) is 16.4. The summed E-state index contributed by atoms with van der Waals surface area (Å²) in [7, 11) is 2.06. The van der Waals surface area contributed by atoms with Crippen LogP contribution < -0.4 is 10.1 Å². The van der Waals surface area contributed by atoms with E-state index in [0.29, 0.717) is 11.5 Å². The van der Waals surface area contributed by atoms with Crippen molar-refractivity contribution in [2.45, 2.75) is 65.5 Å². The summed E-state index contributed by atoms with van der Waals surface area (Å²) in [6.07, 6.45) is 5.18. The minimum Gasteiger partial charge on any atom is -0.489 e. The van der Waals surface area contributed by atoms with Crippen LogP contribution in [-0.4, -0.2) is 19.2 Å². The highest BCUT2D eigenvalue weighted by Crippen LogP contribution is 2.41. The Balaban J connectivity index is 2.12. The number of ether oxygens (including phenoxy) is 1. The minimum absolute atomic E-state index is 0.278. The third-order valence-corrected chi connectivity index (χ3v) is 5.55. The van der Waals surface area contributed by atoms with Crippen molar-refractivity contribution >= 4 is 0 Å². The van der Waals surface area contributed by atoms with Gasteiger partial charge in [-0.1, -0.05) is 45.4 Å². The van der Waals surface area contributed by atoms with E-state index in [1.165, 1.54) is 24.8 Å². The molecule has 0 aliphatic heterocycles. The number of rotatable bonds is 5. The molecule has 3 unspecified atom stereocenters. The number of likely N-dealkylation sites (N-methyl/N-ethyl adjacent to an activating group) is 1. The second-order valence-corrected chi connectivity index (χ2v) is 7.17. The summed E-state index contributed by atoms with van der Waals surface area (Å²) in [5, 5.41) is 3.46. The predicted octanol–water partition coefficient (Wildman–Crippen LogP) is 4.57. The zero-order valence-corrected chi connectivity index (χ0v) is 14.3. The molecule has 0 aromatic heterocycles. The van der Waals surface area contributed by atoms with Crippen LogP contribution in [0.3, 0.4) is 0 Å². The summed E-state index contributed by atoms with van der Waals surface area (Å²) < 4.78 is 6.40. The molecule has 2 rings (SSSR count). The van der Waals surface area contributed by atoms with Gasteiger partial charge < -0.3 is 10.1 Å². The first-order valence-corrected chi connectivity index (χ1v) is 8.37. The molecule has 21 heavy (non-hydrogen) atoms. The van der Waals surface area contributed by atoms with Crippen molar-refractivity contribution < 1.29 is 4.74 Å². The quantitative estimate of drug-likeness (QED) is 0.857. The van der Waals surface area contributed by atoms with Crippen molar-refractivity contribution in [3.8, 4) is 5.75 Å². The van der Waals surface area contributed by atoms with Gasteiger partial charge in [0.2, 0.25) is 0 Å². The minimum atomic E-state index is 0.278. The fraction of sp³-hybridized carbons (Fsp3) is 0.684. The molecular weight excluding hydrogens is 258 g/mol. The molecular formula is C19H31NO. The van der Waals surface area contributed by atoms with Crippen LogP contribution in [0, 0.1) is 18.3 Å². The van der Waals surface area contributed by atoms with Crippen LogP contribution in [0.1, 0.15) is 52.0 Å². The molecule has 1 fully saturated rings. The standard InChI is InChI=1S/C19H31NO/c1-6-19(3,4)15-11-12-16(20-5)18(13-15)21-17-10-8-7-9-14(17)2/h7-10,15-16,18,20H,6,11-13H2,1-5H3. The van der Waals surface area contributed by atoms with Gasteiger partial charge >= 0.3 is 0 Å². The number of benzene rings is 1. The van der Waals surface area contributed by atoms with Gasteiger partial charge in [-0.2, -0.15) is 0 Å². The van der Waals surface area contributed by atoms with E-state index in [4.69, 9.17) is 4.74 Å². The van der Waals surface area contributed by atoms with E-state index in [1.807, 2.05) is 0 Å². The van der Waals surface area contributed by atoms with Crippen molar-refractivity contribution in [2.24, 2.45) is 11.3 Å². The van der Waals surface area contributed by atoms with Crippen LogP contribution in [0.15, 0.2) is 24.3 Å². The molecule has 1 N–H and O–H groups in total. The Bertz CT molecular complexity index is 455. The topological polar surface area (TPSA) is 21.3 Å². The van der Waals surface area contributed by atoms with E-state index in [0.717, 1.165) is 18.1 Å². The molecule has 1 aliphatic rings. The zero-order valence-electron chi connectivity index (χ0n) is 14.3. The average Bonchev–Trinajstić information content (AvgIpc) is 2.49. The molecule has 1 aromatic carbocycles. The van der Waals surface area contributed by atoms with E-state index in [2.05, 4.69) is 64.3 Å². The third kappa shape index (κ3) is 3.79. The number of para-hydroxylation sites is 1. The van der Waals surface area contributed by atoms with Crippen LogP contribution in [0.2, 0.25) is 0 Å². The second kappa shape index (κ2) is 6.83. The van der Waals surface area contributed by atoms with Crippen LogP contribution in [0.5, 0.6) is 5.75 Å². The van der Waals surface area contributed by atoms with Gasteiger partial charge in [0.15, 0.2) is 0 Å². The van der Waals surface area contributed by atoms with Gasteiger partial charge in [0.1, 0.15) is 11.9 Å². The van der Waals surface area contributed by atoms with E-state index < -0.39 is 0 Å². The van der Waals surface area contributed by atoms with Crippen molar-refractivity contribution in [2.75, 3.05) is 7.05 Å². The Labute approximate surface area is 130 Å². The predicted molar refractivity (Wildman–Crippen MR) is 89.9 cm³/mol. The maximum absolute atomic E-state index is 6.40. The van der Waals surface area contributed by atoms with Crippen LogP contribution in [0.25, 0.3) is 0 Å². The van der Waals surface area contributed by atoms with Gasteiger partial charge in [0.25, 0.3) is 0 Å². The Hall–Kier alpha value is -1.02. The van der Waals surface area contributed by atoms with Crippen molar-refractivity contribution in [1.82, 2.24) is 5.32 Å². The molecule has 2 nitrogen and oxygen atoms in total. The molecule has 0 spiro atoms. The summed E-state index contributed by atoms with van der Waals surface area (Å²) in [5.41, 5.74) is 1.63. The van der Waals surface area contributed by atoms with Crippen LogP contribution in [-0.2, 0) is 0 Å². The Morgan fingerprint density at radius 1 is 1.24 bits per heavy atom. The Morgan fingerprint density at radius 3 is 2.57 bits per heavy atom. The summed E-state index contributed by atoms with van der Waals surface area (Å²) in [6, 6.07) is 8.82. The SMILES string of the molecule is CCC(C)(C)C1CCC(NC)C(Oc2ccccc2C)C1. The molecule has 0 heterocycles. The summed E-state index contributed by atoms with van der Waals surface area (Å²) in [6.45, 7) is 9.24.